The van der Waals surface area contributed by atoms with Gasteiger partial charge in [0, 0.05) is 32.5 Å². The molecule has 3 rings (SSSR count). The molecule has 1 fully saturated rings. The van der Waals surface area contributed by atoms with Gasteiger partial charge in [-0.1, -0.05) is 0 Å². The van der Waals surface area contributed by atoms with Gasteiger partial charge in [0.15, 0.2) is 5.82 Å². The second kappa shape index (κ2) is 7.45. The van der Waals surface area contributed by atoms with Crippen LogP contribution in [0.2, 0.25) is 0 Å². The average Bonchev–Trinajstić information content (AvgIpc) is 2.99. The van der Waals surface area contributed by atoms with E-state index in [0.29, 0.717) is 25.6 Å². The van der Waals surface area contributed by atoms with E-state index >= 15 is 0 Å². The number of nitrogens with zero attached hydrogens (tertiary/aromatic N) is 3. The van der Waals surface area contributed by atoms with Crippen molar-refractivity contribution in [2.24, 2.45) is 0 Å². The van der Waals surface area contributed by atoms with E-state index in [0.717, 1.165) is 29.8 Å². The molecule has 1 atom stereocenters. The third-order valence-electron chi connectivity index (χ3n) is 3.77. The molecule has 0 aromatic carbocycles. The van der Waals surface area contributed by atoms with Crippen molar-refractivity contribution in [2.45, 2.75) is 13.0 Å². The highest BCUT2D eigenvalue weighted by Gasteiger charge is 2.17. The maximum Gasteiger partial charge on any atom is 0.320 e. The zero-order valence-corrected chi connectivity index (χ0v) is 13.8. The molecule has 2 amide bonds. The van der Waals surface area contributed by atoms with E-state index < -0.39 is 0 Å². The van der Waals surface area contributed by atoms with Gasteiger partial charge in [0.2, 0.25) is 0 Å². The van der Waals surface area contributed by atoms with Crippen LogP contribution in [0.5, 0.6) is 0 Å². The molecule has 3 heterocycles. The standard InChI is InChI=1S/C15H22N6O3/c1-10(9-23-2)17-15(22)18-13-7-12-11(8-16-13)14(20-19-12)21-3-5-24-6-4-21/h7-8,10H,3-6,9H2,1-2H3,(H,19,20)(H2,16,17,18,22). The summed E-state index contributed by atoms with van der Waals surface area (Å²) in [4.78, 5) is 18.4. The van der Waals surface area contributed by atoms with Crippen molar-refractivity contribution >= 4 is 28.6 Å². The number of rotatable bonds is 5. The quantitative estimate of drug-likeness (QED) is 0.752. The van der Waals surface area contributed by atoms with Crippen molar-refractivity contribution in [3.63, 3.8) is 0 Å². The summed E-state index contributed by atoms with van der Waals surface area (Å²) in [6, 6.07) is 1.37. The number of hydrogen-bond acceptors (Lipinski definition) is 6. The minimum absolute atomic E-state index is 0.0844. The normalized spacial score (nSPS) is 16.2. The Hall–Kier alpha value is -2.39. The van der Waals surface area contributed by atoms with Gasteiger partial charge in [-0.3, -0.25) is 10.4 Å². The molecule has 1 aliphatic rings. The predicted molar refractivity (Wildman–Crippen MR) is 90.4 cm³/mol. The first-order valence-electron chi connectivity index (χ1n) is 7.90. The number of anilines is 2. The van der Waals surface area contributed by atoms with Crippen molar-refractivity contribution in [1.29, 1.82) is 0 Å². The molecule has 2 aromatic heterocycles. The van der Waals surface area contributed by atoms with Crippen molar-refractivity contribution in [3.8, 4) is 0 Å². The Labute approximate surface area is 139 Å². The minimum atomic E-state index is -0.320. The van der Waals surface area contributed by atoms with Gasteiger partial charge in [-0.25, -0.2) is 9.78 Å². The van der Waals surface area contributed by atoms with Crippen LogP contribution in [0.3, 0.4) is 0 Å². The summed E-state index contributed by atoms with van der Waals surface area (Å²) in [6.07, 6.45) is 1.72. The fraction of sp³-hybridized carbons (Fsp3) is 0.533. The maximum absolute atomic E-state index is 11.9. The second-order valence-electron chi connectivity index (χ2n) is 5.72. The fourth-order valence-electron chi connectivity index (χ4n) is 2.65. The second-order valence-corrected chi connectivity index (χ2v) is 5.72. The smallest absolute Gasteiger partial charge is 0.320 e. The van der Waals surface area contributed by atoms with E-state index in [9.17, 15) is 4.79 Å². The molecular formula is C15H22N6O3. The first-order chi connectivity index (χ1) is 11.7. The number of aromatic amines is 1. The first-order valence-corrected chi connectivity index (χ1v) is 7.90. The molecule has 1 aliphatic heterocycles. The van der Waals surface area contributed by atoms with Gasteiger partial charge in [-0.15, -0.1) is 0 Å². The Morgan fingerprint density at radius 1 is 1.50 bits per heavy atom. The summed E-state index contributed by atoms with van der Waals surface area (Å²) in [5, 5.41) is 13.8. The zero-order chi connectivity index (χ0) is 16.9. The average molecular weight is 334 g/mol. The molecule has 9 nitrogen and oxygen atoms in total. The number of fused-ring (bicyclic) bond motifs is 1. The molecule has 0 spiro atoms. The number of methoxy groups -OCH3 is 1. The van der Waals surface area contributed by atoms with Gasteiger partial charge in [-0.05, 0) is 6.92 Å². The summed E-state index contributed by atoms with van der Waals surface area (Å²) in [7, 11) is 1.59. The van der Waals surface area contributed by atoms with Gasteiger partial charge in [0.1, 0.15) is 5.82 Å². The summed E-state index contributed by atoms with van der Waals surface area (Å²) in [5.41, 5.74) is 0.826. The Bertz CT molecular complexity index is 698. The van der Waals surface area contributed by atoms with Crippen LogP contribution in [0.25, 0.3) is 10.9 Å². The molecular weight excluding hydrogens is 312 g/mol. The van der Waals surface area contributed by atoms with Crippen LogP contribution in [0, 0.1) is 0 Å². The molecule has 2 aromatic rings. The molecule has 130 valence electrons. The maximum atomic E-state index is 11.9. The lowest BCUT2D eigenvalue weighted by Gasteiger charge is -2.26. The molecule has 24 heavy (non-hydrogen) atoms. The van der Waals surface area contributed by atoms with Gasteiger partial charge >= 0.3 is 6.03 Å². The van der Waals surface area contributed by atoms with Gasteiger partial charge < -0.3 is 19.7 Å². The lowest BCUT2D eigenvalue weighted by atomic mass is 10.3. The summed E-state index contributed by atoms with van der Waals surface area (Å²) < 4.78 is 10.4. The van der Waals surface area contributed by atoms with Crippen LogP contribution in [-0.2, 0) is 9.47 Å². The third kappa shape index (κ3) is 3.74. The lowest BCUT2D eigenvalue weighted by Crippen LogP contribution is -2.38. The number of carbonyl (C=O) groups is 1. The SMILES string of the molecule is COCC(C)NC(=O)Nc1cc2[nH]nc(N3CCOCC3)c2cn1. The van der Waals surface area contributed by atoms with Crippen LogP contribution in [0.1, 0.15) is 6.92 Å². The van der Waals surface area contributed by atoms with Crippen molar-refractivity contribution in [3.05, 3.63) is 12.3 Å². The van der Waals surface area contributed by atoms with Gasteiger partial charge in [0.25, 0.3) is 0 Å². The number of carbonyl (C=O) groups excluding carboxylic acids is 1. The molecule has 9 heteroatoms. The fourth-order valence-corrected chi connectivity index (χ4v) is 2.65. The highest BCUT2D eigenvalue weighted by molar-refractivity contribution is 5.94. The number of H-pyrrole nitrogens is 1. The van der Waals surface area contributed by atoms with Crippen LogP contribution >= 0.6 is 0 Å². The monoisotopic (exact) mass is 334 g/mol. The number of pyridine rings is 1. The molecule has 1 unspecified atom stereocenters. The number of nitrogens with one attached hydrogen (secondary N) is 3. The zero-order valence-electron chi connectivity index (χ0n) is 13.8. The Morgan fingerprint density at radius 3 is 3.04 bits per heavy atom. The number of hydrogen-bond donors (Lipinski definition) is 3. The number of urea groups is 1. The number of amides is 2. The Morgan fingerprint density at radius 2 is 2.29 bits per heavy atom. The van der Waals surface area contributed by atoms with Crippen molar-refractivity contribution in [2.75, 3.05) is 50.2 Å². The minimum Gasteiger partial charge on any atom is -0.383 e. The summed E-state index contributed by atoms with van der Waals surface area (Å²) in [6.45, 7) is 5.31. The third-order valence-corrected chi connectivity index (χ3v) is 3.77. The Balaban J connectivity index is 1.69. The van der Waals surface area contributed by atoms with E-state index in [1.807, 2.05) is 6.92 Å². The van der Waals surface area contributed by atoms with Gasteiger partial charge in [-0.2, -0.15) is 5.10 Å². The van der Waals surface area contributed by atoms with Crippen LogP contribution in [0.15, 0.2) is 12.3 Å². The van der Waals surface area contributed by atoms with E-state index in [1.165, 1.54) is 0 Å². The van der Waals surface area contributed by atoms with Crippen LogP contribution in [-0.4, -0.2) is 67.3 Å². The molecule has 0 saturated carbocycles. The van der Waals surface area contributed by atoms with Crippen molar-refractivity contribution < 1.29 is 14.3 Å². The van der Waals surface area contributed by atoms with E-state index in [2.05, 4.69) is 30.7 Å². The largest absolute Gasteiger partial charge is 0.383 e. The number of ether oxygens (including phenoxy) is 2. The molecule has 0 aliphatic carbocycles. The lowest BCUT2D eigenvalue weighted by molar-refractivity contribution is 0.122. The summed E-state index contributed by atoms with van der Waals surface area (Å²) >= 11 is 0. The topological polar surface area (TPSA) is 104 Å². The first kappa shape index (κ1) is 16.5. The highest BCUT2D eigenvalue weighted by atomic mass is 16.5. The Kier molecular flexibility index (Phi) is 5.11. The number of morpholine rings is 1. The molecule has 0 radical (unpaired) electrons. The van der Waals surface area contributed by atoms with E-state index in [-0.39, 0.29) is 12.1 Å². The van der Waals surface area contributed by atoms with E-state index in [1.54, 1.807) is 19.4 Å². The number of aromatic nitrogens is 3. The molecule has 0 bridgehead atoms. The van der Waals surface area contributed by atoms with Gasteiger partial charge in [0.05, 0.1) is 36.8 Å². The molecule has 1 saturated heterocycles. The highest BCUT2D eigenvalue weighted by Crippen LogP contribution is 2.25. The van der Waals surface area contributed by atoms with Crippen LogP contribution < -0.4 is 15.5 Å². The van der Waals surface area contributed by atoms with Crippen LogP contribution in [0.4, 0.5) is 16.4 Å². The summed E-state index contributed by atoms with van der Waals surface area (Å²) in [5.74, 6) is 1.33. The molecule has 3 N–H and O–H groups in total. The van der Waals surface area contributed by atoms with E-state index in [4.69, 9.17) is 9.47 Å². The van der Waals surface area contributed by atoms with Crippen molar-refractivity contribution in [1.82, 2.24) is 20.5 Å². The predicted octanol–water partition coefficient (Wildman–Crippen LogP) is 0.951.